The van der Waals surface area contributed by atoms with E-state index in [1.807, 2.05) is 0 Å². The molecule has 0 amide bonds. The monoisotopic (exact) mass is 535 g/mol. The summed E-state index contributed by atoms with van der Waals surface area (Å²) in [6.45, 7) is 0.176. The summed E-state index contributed by atoms with van der Waals surface area (Å²) < 4.78 is 55.3. The van der Waals surface area contributed by atoms with Crippen LogP contribution in [-0.4, -0.2) is 45.8 Å². The average molecular weight is 536 g/mol. The molecule has 2 atom stereocenters. The molecule has 37 heavy (non-hydrogen) atoms. The molecule has 2 aliphatic heterocycles. The summed E-state index contributed by atoms with van der Waals surface area (Å²) >= 11 is 1.34. The van der Waals surface area contributed by atoms with Gasteiger partial charge in [-0.15, -0.1) is 24.5 Å². The lowest BCUT2D eigenvalue weighted by Crippen LogP contribution is -2.45. The number of halogens is 3. The number of piperidine rings is 1. The topological polar surface area (TPSA) is 97.9 Å². The molecule has 2 aromatic heterocycles. The molecule has 1 saturated carbocycles. The first-order chi connectivity index (χ1) is 17.8. The number of hydrogen-bond donors (Lipinski definition) is 1. The van der Waals surface area contributed by atoms with Crippen LogP contribution in [0.25, 0.3) is 11.3 Å². The molecule has 1 aromatic carbocycles. The Hall–Kier alpha value is -3.12. The van der Waals surface area contributed by atoms with Crippen molar-refractivity contribution >= 4 is 22.4 Å². The number of aromatic carboxylic acids is 1. The molecule has 0 spiro atoms. The summed E-state index contributed by atoms with van der Waals surface area (Å²) in [5.74, 6) is -0.503. The number of rotatable bonds is 8. The Bertz CT molecular complexity index is 1290. The van der Waals surface area contributed by atoms with Gasteiger partial charge in [-0.3, -0.25) is 0 Å². The van der Waals surface area contributed by atoms with Crippen molar-refractivity contribution in [3.8, 4) is 17.0 Å². The molecular weight excluding hydrogens is 511 g/mol. The Morgan fingerprint density at radius 2 is 1.89 bits per heavy atom. The molecule has 3 aromatic rings. The van der Waals surface area contributed by atoms with Gasteiger partial charge in [-0.1, -0.05) is 17.3 Å². The third-order valence-corrected chi connectivity index (χ3v) is 8.07. The number of aromatic nitrogens is 2. The molecule has 4 heterocycles. The maximum Gasteiger partial charge on any atom is 0.573 e. The van der Waals surface area contributed by atoms with Crippen LogP contribution in [0.3, 0.4) is 0 Å². The lowest BCUT2D eigenvalue weighted by atomic mass is 10.00. The summed E-state index contributed by atoms with van der Waals surface area (Å²) in [4.78, 5) is 17.8. The van der Waals surface area contributed by atoms with Crippen molar-refractivity contribution in [2.45, 2.75) is 75.6 Å². The van der Waals surface area contributed by atoms with Crippen LogP contribution in [0.4, 0.5) is 18.3 Å². The predicted octanol–water partition coefficient (Wildman–Crippen LogP) is 5.99. The van der Waals surface area contributed by atoms with E-state index >= 15 is 0 Å². The highest BCUT2D eigenvalue weighted by atomic mass is 32.1. The number of carbonyl (C=O) groups is 1. The lowest BCUT2D eigenvalue weighted by Gasteiger charge is -2.38. The van der Waals surface area contributed by atoms with Gasteiger partial charge in [-0.2, -0.15) is 0 Å². The zero-order valence-corrected chi connectivity index (χ0v) is 20.4. The van der Waals surface area contributed by atoms with Gasteiger partial charge in [0.2, 0.25) is 0 Å². The van der Waals surface area contributed by atoms with Gasteiger partial charge < -0.3 is 24.0 Å². The summed E-state index contributed by atoms with van der Waals surface area (Å²) in [7, 11) is 0. The number of benzene rings is 1. The largest absolute Gasteiger partial charge is 0.573 e. The van der Waals surface area contributed by atoms with Crippen molar-refractivity contribution < 1.29 is 37.1 Å². The first kappa shape index (κ1) is 24.2. The number of carboxylic acids is 1. The molecule has 3 aliphatic rings. The van der Waals surface area contributed by atoms with Gasteiger partial charge in [-0.25, -0.2) is 9.78 Å². The van der Waals surface area contributed by atoms with Gasteiger partial charge in [0.1, 0.15) is 17.2 Å². The summed E-state index contributed by atoms with van der Waals surface area (Å²) in [6, 6.07) is 6.31. The maximum atomic E-state index is 13.0. The zero-order valence-electron chi connectivity index (χ0n) is 19.6. The smallest absolute Gasteiger partial charge is 0.476 e. The number of carboxylic acid groups (broad SMARTS) is 1. The Balaban J connectivity index is 1.20. The van der Waals surface area contributed by atoms with E-state index in [1.54, 1.807) is 11.4 Å². The van der Waals surface area contributed by atoms with E-state index in [-0.39, 0.29) is 47.7 Å². The normalized spacial score (nSPS) is 23.4. The van der Waals surface area contributed by atoms with Gasteiger partial charge in [0.15, 0.2) is 10.8 Å². The number of alkyl halides is 3. The number of para-hydroxylation sites is 1. The summed E-state index contributed by atoms with van der Waals surface area (Å²) in [5, 5.41) is 15.7. The minimum Gasteiger partial charge on any atom is -0.476 e. The standard InChI is InChI=1S/C25H24F3N3O5S/c26-25(27,28)35-20-4-2-1-3-17(20)21-18(22(36-30-21)13-5-6-13)11-34-16-9-14-7-8-15(10-16)31(14)24-29-19(12-37-24)23(32)33/h1-4,12-16H,5-11H2,(H,32,33). The predicted molar refractivity (Wildman–Crippen MR) is 127 cm³/mol. The van der Waals surface area contributed by atoms with Crippen LogP contribution in [0.5, 0.6) is 5.75 Å². The minimum absolute atomic E-state index is 0.0517. The molecule has 196 valence electrons. The third kappa shape index (κ3) is 4.91. The summed E-state index contributed by atoms with van der Waals surface area (Å²) in [5.41, 5.74) is 1.25. The first-order valence-corrected chi connectivity index (χ1v) is 13.1. The fourth-order valence-corrected chi connectivity index (χ4v) is 6.41. The SMILES string of the molecule is O=C(O)c1csc(N2C3CCC2CC(OCc2c(-c4ccccc4OC(F)(F)F)noc2C2CC2)C3)n1. The number of fused-ring (bicyclic) bond motifs is 2. The fraction of sp³-hybridized carbons (Fsp3) is 0.480. The van der Waals surface area contributed by atoms with Crippen molar-refractivity contribution in [3.05, 3.63) is 46.7 Å². The number of nitrogens with zero attached hydrogens (tertiary/aromatic N) is 3. The maximum absolute atomic E-state index is 13.0. The highest BCUT2D eigenvalue weighted by molar-refractivity contribution is 7.14. The van der Waals surface area contributed by atoms with Crippen LogP contribution in [0.1, 0.15) is 66.3 Å². The fourth-order valence-electron chi connectivity index (χ4n) is 5.47. The van der Waals surface area contributed by atoms with Crippen LogP contribution >= 0.6 is 11.3 Å². The molecule has 1 aliphatic carbocycles. The van der Waals surface area contributed by atoms with Crippen molar-refractivity contribution in [1.29, 1.82) is 0 Å². The molecule has 6 rings (SSSR count). The average Bonchev–Trinajstić information content (AvgIpc) is 3.30. The second-order valence-electron chi connectivity index (χ2n) is 9.71. The Morgan fingerprint density at radius 3 is 2.54 bits per heavy atom. The lowest BCUT2D eigenvalue weighted by molar-refractivity contribution is -0.274. The zero-order chi connectivity index (χ0) is 25.7. The summed E-state index contributed by atoms with van der Waals surface area (Å²) in [6.07, 6.45) is 0.460. The number of anilines is 1. The minimum atomic E-state index is -4.83. The third-order valence-electron chi connectivity index (χ3n) is 7.22. The van der Waals surface area contributed by atoms with Crippen molar-refractivity contribution in [2.75, 3.05) is 4.90 Å². The quantitative estimate of drug-likeness (QED) is 0.376. The number of hydrogen-bond acceptors (Lipinski definition) is 8. The van der Waals surface area contributed by atoms with Crippen LogP contribution < -0.4 is 9.64 Å². The number of thiazole rings is 1. The van der Waals surface area contributed by atoms with Crippen LogP contribution in [0, 0.1) is 0 Å². The molecule has 1 N–H and O–H groups in total. The first-order valence-electron chi connectivity index (χ1n) is 12.2. The van der Waals surface area contributed by atoms with E-state index in [9.17, 15) is 23.1 Å². The van der Waals surface area contributed by atoms with E-state index in [0.717, 1.165) is 43.7 Å². The Morgan fingerprint density at radius 1 is 1.16 bits per heavy atom. The molecule has 12 heteroatoms. The van der Waals surface area contributed by atoms with E-state index in [2.05, 4.69) is 19.8 Å². The van der Waals surface area contributed by atoms with Gasteiger partial charge in [0.05, 0.1) is 12.7 Å². The van der Waals surface area contributed by atoms with E-state index < -0.39 is 12.3 Å². The molecule has 3 fully saturated rings. The highest BCUT2D eigenvalue weighted by Gasteiger charge is 2.43. The molecule has 2 saturated heterocycles. The van der Waals surface area contributed by atoms with Gasteiger partial charge in [-0.05, 0) is 50.7 Å². The Kier molecular flexibility index (Phi) is 6.10. The van der Waals surface area contributed by atoms with Crippen molar-refractivity contribution in [2.24, 2.45) is 0 Å². The highest BCUT2D eigenvalue weighted by Crippen LogP contribution is 2.46. The van der Waals surface area contributed by atoms with Crippen LogP contribution in [-0.2, 0) is 11.3 Å². The van der Waals surface area contributed by atoms with Crippen LogP contribution in [0.2, 0.25) is 0 Å². The second kappa shape index (κ2) is 9.32. The van der Waals surface area contributed by atoms with Crippen LogP contribution in [0.15, 0.2) is 34.2 Å². The second-order valence-corrected chi connectivity index (χ2v) is 10.5. The molecular formula is C25H24F3N3O5S. The Labute approximate surface area is 214 Å². The molecule has 8 nitrogen and oxygen atoms in total. The van der Waals surface area contributed by atoms with Gasteiger partial charge in [0, 0.05) is 34.5 Å². The van der Waals surface area contributed by atoms with Crippen molar-refractivity contribution in [1.82, 2.24) is 10.1 Å². The van der Waals surface area contributed by atoms with Gasteiger partial charge >= 0.3 is 12.3 Å². The number of ether oxygens (including phenoxy) is 2. The van der Waals surface area contributed by atoms with E-state index in [0.29, 0.717) is 17.0 Å². The molecule has 2 bridgehead atoms. The van der Waals surface area contributed by atoms with Crippen molar-refractivity contribution in [3.63, 3.8) is 0 Å². The van der Waals surface area contributed by atoms with Gasteiger partial charge in [0.25, 0.3) is 0 Å². The van der Waals surface area contributed by atoms with E-state index in [1.165, 1.54) is 29.5 Å². The van der Waals surface area contributed by atoms with E-state index in [4.69, 9.17) is 9.26 Å². The molecule has 2 unspecified atom stereocenters. The molecule has 0 radical (unpaired) electrons.